The van der Waals surface area contributed by atoms with Gasteiger partial charge in [0.15, 0.2) is 6.17 Å². The Morgan fingerprint density at radius 3 is 2.10 bits per heavy atom. The Bertz CT molecular complexity index is 2150. The van der Waals surface area contributed by atoms with Crippen molar-refractivity contribution in [3.63, 3.8) is 0 Å². The largest absolute Gasteiger partial charge is 0.524 e. The number of primary amides is 1. The fourth-order valence-corrected chi connectivity index (χ4v) is 6.14. The monoisotopic (exact) mass is 705 g/mol. The molecule has 1 unspecified atom stereocenters. The molecule has 1 atom stereocenters. The van der Waals surface area contributed by atoms with Crippen LogP contribution in [0.25, 0.3) is 11.1 Å². The molecule has 0 saturated heterocycles. The summed E-state index contributed by atoms with van der Waals surface area (Å²) in [5.74, 6) is -0.0587. The van der Waals surface area contributed by atoms with Gasteiger partial charge in [-0.2, -0.15) is 0 Å². The van der Waals surface area contributed by atoms with Crippen LogP contribution in [0.4, 0.5) is 17.1 Å². The lowest BCUT2D eigenvalue weighted by Gasteiger charge is -2.27. The molecular weight excluding hydrogens is 673 g/mol. The Morgan fingerprint density at radius 1 is 0.843 bits per heavy atom. The molecule has 258 valence electrons. The van der Waals surface area contributed by atoms with Crippen molar-refractivity contribution in [3.8, 4) is 28.4 Å². The summed E-state index contributed by atoms with van der Waals surface area (Å²) in [5, 5.41) is 2.93. The smallest absolute Gasteiger partial charge is 0.457 e. The van der Waals surface area contributed by atoms with Crippen LogP contribution in [0.15, 0.2) is 120 Å². The number of aldehydes is 1. The van der Waals surface area contributed by atoms with Crippen LogP contribution in [-0.4, -0.2) is 46.3 Å². The van der Waals surface area contributed by atoms with Gasteiger partial charge in [-0.05, 0) is 83.4 Å². The fraction of sp³-hybridized carbons (Fsp3) is 0.0811. The summed E-state index contributed by atoms with van der Waals surface area (Å²) in [7, 11) is -4.85. The van der Waals surface area contributed by atoms with Crippen LogP contribution in [0.1, 0.15) is 16.7 Å². The average molecular weight is 706 g/mol. The average Bonchev–Trinajstić information content (AvgIpc) is 3.22. The van der Waals surface area contributed by atoms with Crippen molar-refractivity contribution in [2.24, 2.45) is 10.7 Å². The van der Waals surface area contributed by atoms with E-state index in [1.165, 1.54) is 17.0 Å². The number of rotatable bonds is 12. The molecule has 6 rings (SSSR count). The predicted molar refractivity (Wildman–Crippen MR) is 192 cm³/mol. The minimum absolute atomic E-state index is 0.0919. The van der Waals surface area contributed by atoms with Gasteiger partial charge in [0.05, 0.1) is 24.4 Å². The molecule has 0 aliphatic carbocycles. The molecule has 0 aromatic heterocycles. The van der Waals surface area contributed by atoms with E-state index in [1.807, 2.05) is 30.3 Å². The van der Waals surface area contributed by atoms with Gasteiger partial charge in [-0.25, -0.2) is 4.57 Å². The number of anilines is 3. The highest BCUT2D eigenvalue weighted by Gasteiger charge is 2.35. The number of phosphoric ester groups is 1. The molecule has 0 fully saturated rings. The lowest BCUT2D eigenvalue weighted by Crippen LogP contribution is -2.43. The van der Waals surface area contributed by atoms with E-state index in [9.17, 15) is 28.7 Å². The number of fused-ring (bicyclic) bond motifs is 1. The van der Waals surface area contributed by atoms with Gasteiger partial charge >= 0.3 is 7.82 Å². The third-order valence-corrected chi connectivity index (χ3v) is 8.29. The van der Waals surface area contributed by atoms with E-state index in [0.29, 0.717) is 68.4 Å². The maximum Gasteiger partial charge on any atom is 0.524 e. The Kier molecular flexibility index (Phi) is 10.1. The number of nitrogens with two attached hydrogens (primary N) is 2. The number of para-hydroxylation sites is 1. The first-order valence-corrected chi connectivity index (χ1v) is 17.1. The minimum atomic E-state index is -4.85. The highest BCUT2D eigenvalue weighted by atomic mass is 31.2. The topological polar surface area (TPSA) is 207 Å². The molecule has 7 N–H and O–H groups in total. The highest BCUT2D eigenvalue weighted by molar-refractivity contribution is 7.46. The quantitative estimate of drug-likeness (QED) is 0.0677. The highest BCUT2D eigenvalue weighted by Crippen LogP contribution is 2.43. The Hall–Kier alpha value is -6.11. The summed E-state index contributed by atoms with van der Waals surface area (Å²) >= 11 is 0. The van der Waals surface area contributed by atoms with Crippen LogP contribution in [0.2, 0.25) is 0 Å². The first-order valence-electron chi connectivity index (χ1n) is 15.6. The van der Waals surface area contributed by atoms with Crippen LogP contribution in [-0.2, 0) is 25.4 Å². The fourth-order valence-electron chi connectivity index (χ4n) is 5.74. The maximum atomic E-state index is 14.5. The van der Waals surface area contributed by atoms with Gasteiger partial charge in [0.25, 0.3) is 5.91 Å². The van der Waals surface area contributed by atoms with E-state index in [4.69, 9.17) is 25.7 Å². The van der Waals surface area contributed by atoms with E-state index >= 15 is 0 Å². The number of ether oxygens (including phenoxy) is 1. The number of benzene rings is 5. The molecule has 1 aliphatic rings. The van der Waals surface area contributed by atoms with E-state index in [0.717, 1.165) is 0 Å². The molecule has 0 saturated carbocycles. The number of benzodiazepines with no additional fused rings is 1. The van der Waals surface area contributed by atoms with Crippen LogP contribution in [0.5, 0.6) is 17.2 Å². The number of hydrogen-bond acceptors (Lipinski definition) is 9. The van der Waals surface area contributed by atoms with Crippen LogP contribution < -0.4 is 30.9 Å². The van der Waals surface area contributed by atoms with E-state index in [2.05, 4.69) is 5.32 Å². The van der Waals surface area contributed by atoms with Crippen LogP contribution in [0.3, 0.4) is 0 Å². The second-order valence-corrected chi connectivity index (χ2v) is 12.6. The summed E-state index contributed by atoms with van der Waals surface area (Å²) in [4.78, 5) is 63.5. The summed E-state index contributed by atoms with van der Waals surface area (Å²) < 4.78 is 22.3. The molecular formula is C37H32N5O8P. The maximum absolute atomic E-state index is 14.5. The Balaban J connectivity index is 1.60. The number of aliphatic imine (C=N–C) groups is 1. The van der Waals surface area contributed by atoms with E-state index in [-0.39, 0.29) is 18.7 Å². The van der Waals surface area contributed by atoms with Gasteiger partial charge in [0.2, 0.25) is 5.91 Å². The molecule has 0 radical (unpaired) electrons. The second kappa shape index (κ2) is 14.8. The zero-order valence-corrected chi connectivity index (χ0v) is 27.8. The molecule has 1 heterocycles. The first-order chi connectivity index (χ1) is 24.5. The van der Waals surface area contributed by atoms with Gasteiger partial charge in [0.1, 0.15) is 23.5 Å². The summed E-state index contributed by atoms with van der Waals surface area (Å²) in [6.07, 6.45) is -0.798. The lowest BCUT2D eigenvalue weighted by atomic mass is 9.86. The molecule has 1 aliphatic heterocycles. The number of nitrogens with zero attached hydrogens (tertiary/aromatic N) is 2. The Labute approximate surface area is 292 Å². The van der Waals surface area contributed by atoms with E-state index < -0.39 is 25.8 Å². The van der Waals surface area contributed by atoms with Crippen molar-refractivity contribution in [1.82, 2.24) is 5.32 Å². The number of amides is 2. The number of nitrogen functional groups attached to an aromatic ring is 1. The van der Waals surface area contributed by atoms with Crippen molar-refractivity contribution in [1.29, 1.82) is 0 Å². The van der Waals surface area contributed by atoms with Crippen molar-refractivity contribution >= 4 is 48.7 Å². The molecule has 51 heavy (non-hydrogen) atoms. The number of hydrogen-bond donors (Lipinski definition) is 5. The van der Waals surface area contributed by atoms with Crippen LogP contribution >= 0.6 is 7.82 Å². The SMILES string of the molecule is NC(=O)Cc1ccc2c(c1-c1ccc(OP(=O)(O)O)cc1)C(c1ccc(N)cc1)=NC(NCC=O)C(=O)N2c1ccc(Oc2ccccc2)cc1. The van der Waals surface area contributed by atoms with Gasteiger partial charge in [-0.15, -0.1) is 0 Å². The van der Waals surface area contributed by atoms with Gasteiger partial charge in [-0.3, -0.25) is 34.6 Å². The molecule has 13 nitrogen and oxygen atoms in total. The number of nitrogens with one attached hydrogen (secondary N) is 1. The molecule has 14 heteroatoms. The number of carbonyl (C=O) groups excluding carboxylic acids is 3. The summed E-state index contributed by atoms with van der Waals surface area (Å²) in [6.45, 7) is -0.177. The third kappa shape index (κ3) is 8.04. The van der Waals surface area contributed by atoms with Gasteiger partial charge < -0.3 is 25.5 Å². The first kappa shape index (κ1) is 34.7. The van der Waals surface area contributed by atoms with Crippen molar-refractivity contribution in [2.45, 2.75) is 12.6 Å². The van der Waals surface area contributed by atoms with Crippen molar-refractivity contribution in [3.05, 3.63) is 132 Å². The zero-order valence-electron chi connectivity index (χ0n) is 26.9. The molecule has 0 spiro atoms. The molecule has 0 bridgehead atoms. The summed E-state index contributed by atoms with van der Waals surface area (Å²) in [5.41, 5.74) is 15.9. The standard InChI is InChI=1S/C37H32N5O8P/c38-26-11-6-24(7-12-26)35-34-31(19-10-25(22-32(39)44)33(34)23-8-15-30(16-9-23)50-51(46,47)48)42(37(45)36(41-35)40-20-21-43)27-13-17-29(18-14-27)49-28-4-2-1-3-5-28/h1-19,21,36,40H,20,22,38H2,(H2,39,44)(H2,46,47,48). The molecule has 5 aromatic rings. The number of phosphoric acid groups is 1. The number of carbonyl (C=O) groups is 3. The molecule has 2 amide bonds. The second-order valence-electron chi connectivity index (χ2n) is 11.4. The van der Waals surface area contributed by atoms with Crippen molar-refractivity contribution in [2.75, 3.05) is 17.2 Å². The predicted octanol–water partition coefficient (Wildman–Crippen LogP) is 4.86. The zero-order chi connectivity index (χ0) is 36.1. The van der Waals surface area contributed by atoms with Crippen molar-refractivity contribution < 1.29 is 38.0 Å². The van der Waals surface area contributed by atoms with E-state index in [1.54, 1.807) is 72.8 Å². The van der Waals surface area contributed by atoms with Gasteiger partial charge in [0, 0.05) is 22.5 Å². The Morgan fingerprint density at radius 2 is 1.47 bits per heavy atom. The summed E-state index contributed by atoms with van der Waals surface area (Å²) in [6, 6.07) is 32.2. The lowest BCUT2D eigenvalue weighted by molar-refractivity contribution is -0.120. The van der Waals surface area contributed by atoms with Crippen LogP contribution in [0, 0.1) is 0 Å². The van der Waals surface area contributed by atoms with Gasteiger partial charge in [-0.1, -0.05) is 48.5 Å². The molecule has 5 aromatic carbocycles. The minimum Gasteiger partial charge on any atom is -0.457 e. The third-order valence-electron chi connectivity index (χ3n) is 7.84. The normalized spacial score (nSPS) is 14.2.